The number of hydrogen-bond donors (Lipinski definition) is 2. The Labute approximate surface area is 317 Å². The number of ether oxygens (including phenoxy) is 3. The molecule has 2 aromatic carbocycles. The Kier molecular flexibility index (Phi) is 8.73. The van der Waals surface area contributed by atoms with E-state index < -0.39 is 5.41 Å². The molecule has 3 saturated heterocycles. The number of carbonyl (C=O) groups excluding carboxylic acids is 3. The number of piperidine rings is 3. The zero-order valence-electron chi connectivity index (χ0n) is 32.4. The lowest BCUT2D eigenvalue weighted by Crippen LogP contribution is -2.71. The van der Waals surface area contributed by atoms with Crippen molar-refractivity contribution in [2.75, 3.05) is 41.5 Å². The summed E-state index contributed by atoms with van der Waals surface area (Å²) in [5, 5.41) is 2.27. The van der Waals surface area contributed by atoms with Gasteiger partial charge in [0, 0.05) is 75.9 Å². The van der Waals surface area contributed by atoms with Gasteiger partial charge in [-0.25, -0.2) is 0 Å². The fourth-order valence-corrected chi connectivity index (χ4v) is 12.7. The van der Waals surface area contributed by atoms with Crippen LogP contribution < -0.4 is 4.74 Å². The second-order valence-electron chi connectivity index (χ2n) is 17.0. The van der Waals surface area contributed by atoms with Crippen LogP contribution >= 0.6 is 0 Å². The zero-order valence-corrected chi connectivity index (χ0v) is 32.4. The highest BCUT2D eigenvalue weighted by atomic mass is 16.5. The van der Waals surface area contributed by atoms with Crippen LogP contribution in [-0.4, -0.2) is 97.6 Å². The fourth-order valence-electron chi connectivity index (χ4n) is 12.7. The van der Waals surface area contributed by atoms with E-state index >= 15 is 0 Å². The second kappa shape index (κ2) is 13.3. The van der Waals surface area contributed by atoms with Gasteiger partial charge in [-0.3, -0.25) is 14.5 Å². The summed E-state index contributed by atoms with van der Waals surface area (Å²) in [5.74, 6) is 0.887. The Morgan fingerprint density at radius 1 is 0.963 bits per heavy atom. The molecule has 1 saturated carbocycles. The van der Waals surface area contributed by atoms with Crippen molar-refractivity contribution in [1.82, 2.24) is 19.8 Å². The number of aromatic amines is 2. The van der Waals surface area contributed by atoms with Crippen molar-refractivity contribution < 1.29 is 28.6 Å². The summed E-state index contributed by atoms with van der Waals surface area (Å²) in [6.45, 7) is 6.08. The minimum absolute atomic E-state index is 0.0234. The van der Waals surface area contributed by atoms with Gasteiger partial charge in [0.2, 0.25) is 0 Å². The standard InChI is InChI=1S/C44H54N4O6/c1-7-23-15-25-20-44(43(51)54-6)40-27(13-14-48(41(23)44)36(25)22-49)29-17-30(37(52-4)19-34(29)46-40)31-16-28-24(8-2)21-47(3)35(38(28)42(50)53-5)18-32-26-11-9-10-12-33(26)45-39(31)32/h9-12,17,19,22-25,28,31,35-36,38,41,45-46H,7-8,13-16,18,20-21H2,1-6H3/t23-,24+,25+,28-,31+,35-,36-,38-,41-,44+/m0/s1. The van der Waals surface area contributed by atoms with Gasteiger partial charge in [0.25, 0.3) is 0 Å². The van der Waals surface area contributed by atoms with Gasteiger partial charge in [0.1, 0.15) is 17.5 Å². The maximum Gasteiger partial charge on any atom is 0.319 e. The third-order valence-corrected chi connectivity index (χ3v) is 15.0. The lowest BCUT2D eigenvalue weighted by atomic mass is 9.54. The van der Waals surface area contributed by atoms with Crippen molar-refractivity contribution in [2.24, 2.45) is 29.6 Å². The van der Waals surface area contributed by atoms with Crippen molar-refractivity contribution >= 4 is 40.0 Å². The van der Waals surface area contributed by atoms with Crippen LogP contribution in [-0.2, 0) is 42.1 Å². The van der Waals surface area contributed by atoms with Gasteiger partial charge >= 0.3 is 11.9 Å². The second-order valence-corrected chi connectivity index (χ2v) is 17.0. The predicted molar refractivity (Wildman–Crippen MR) is 207 cm³/mol. The van der Waals surface area contributed by atoms with E-state index in [-0.39, 0.29) is 59.7 Å². The van der Waals surface area contributed by atoms with Crippen LogP contribution in [0.3, 0.4) is 0 Å². The Morgan fingerprint density at radius 3 is 2.48 bits per heavy atom. The average molecular weight is 735 g/mol. The summed E-state index contributed by atoms with van der Waals surface area (Å²) in [6, 6.07) is 12.7. The minimum Gasteiger partial charge on any atom is -0.496 e. The summed E-state index contributed by atoms with van der Waals surface area (Å²) in [6.07, 6.45) is 6.79. The van der Waals surface area contributed by atoms with Gasteiger partial charge in [0.05, 0.1) is 33.3 Å². The summed E-state index contributed by atoms with van der Waals surface area (Å²) in [4.78, 5) is 53.3. The number of aldehydes is 1. The number of aromatic nitrogens is 2. The van der Waals surface area contributed by atoms with E-state index in [9.17, 15) is 14.4 Å². The number of nitrogens with one attached hydrogen (secondary N) is 2. The first kappa shape index (κ1) is 35.5. The molecule has 0 amide bonds. The number of nitrogens with zero attached hydrogens (tertiary/aromatic N) is 2. The van der Waals surface area contributed by atoms with Crippen LogP contribution in [0.15, 0.2) is 36.4 Å². The molecule has 10 nitrogen and oxygen atoms in total. The highest BCUT2D eigenvalue weighted by molar-refractivity contribution is 5.93. The summed E-state index contributed by atoms with van der Waals surface area (Å²) in [5.41, 5.74) is 6.73. The number of esters is 2. The predicted octanol–water partition coefficient (Wildman–Crippen LogP) is 6.14. The van der Waals surface area contributed by atoms with Crippen LogP contribution in [0.4, 0.5) is 0 Å². The number of likely N-dealkylation sites (N-methyl/N-ethyl adjacent to an activating group) is 1. The summed E-state index contributed by atoms with van der Waals surface area (Å²) >= 11 is 0. The number of likely N-dealkylation sites (tertiary alicyclic amines) is 1. The molecule has 11 atom stereocenters. The largest absolute Gasteiger partial charge is 0.496 e. The average Bonchev–Trinajstić information content (AvgIpc) is 3.71. The first-order valence-electron chi connectivity index (χ1n) is 20.1. The molecular formula is C44H54N4O6. The van der Waals surface area contributed by atoms with E-state index in [1.807, 2.05) is 0 Å². The number of hydrogen-bond acceptors (Lipinski definition) is 8. The van der Waals surface area contributed by atoms with E-state index in [0.29, 0.717) is 25.3 Å². The number of rotatable bonds is 7. The van der Waals surface area contributed by atoms with E-state index in [2.05, 4.69) is 77.1 Å². The van der Waals surface area contributed by atoms with E-state index in [1.165, 1.54) is 30.9 Å². The smallest absolute Gasteiger partial charge is 0.319 e. The van der Waals surface area contributed by atoms with Gasteiger partial charge in [-0.15, -0.1) is 0 Å². The minimum atomic E-state index is -0.897. The third kappa shape index (κ3) is 4.87. The first-order chi connectivity index (χ1) is 26.2. The van der Waals surface area contributed by atoms with Crippen molar-refractivity contribution in [1.29, 1.82) is 0 Å². The molecule has 2 aromatic heterocycles. The highest BCUT2D eigenvalue weighted by Gasteiger charge is 2.65. The molecule has 2 aliphatic carbocycles. The van der Waals surface area contributed by atoms with E-state index in [1.54, 1.807) is 7.11 Å². The maximum absolute atomic E-state index is 14.3. The van der Waals surface area contributed by atoms with Gasteiger partial charge in [0.15, 0.2) is 0 Å². The summed E-state index contributed by atoms with van der Waals surface area (Å²) < 4.78 is 17.6. The zero-order chi connectivity index (χ0) is 37.6. The number of para-hydroxylation sites is 1. The Bertz CT molecular complexity index is 2140. The third-order valence-electron chi connectivity index (χ3n) is 15.0. The van der Waals surface area contributed by atoms with Crippen molar-refractivity contribution in [3.8, 4) is 5.75 Å². The van der Waals surface area contributed by atoms with Crippen LogP contribution in [0.5, 0.6) is 5.75 Å². The van der Waals surface area contributed by atoms with Gasteiger partial charge in [-0.05, 0) is 86.1 Å². The maximum atomic E-state index is 14.3. The quantitative estimate of drug-likeness (QED) is 0.172. The van der Waals surface area contributed by atoms with Crippen molar-refractivity contribution in [2.45, 2.75) is 88.3 Å². The molecule has 0 spiro atoms. The van der Waals surface area contributed by atoms with Gasteiger partial charge < -0.3 is 33.9 Å². The number of carbonyl (C=O) groups is 3. The Balaban J connectivity index is 1.27. The van der Waals surface area contributed by atoms with Crippen LogP contribution in [0.1, 0.15) is 79.9 Å². The topological polar surface area (TPSA) is 117 Å². The number of methoxy groups -OCH3 is 3. The molecule has 4 aliphatic heterocycles. The molecule has 54 heavy (non-hydrogen) atoms. The number of benzene rings is 2. The molecule has 1 unspecified atom stereocenters. The molecule has 286 valence electrons. The Morgan fingerprint density at radius 2 is 1.76 bits per heavy atom. The molecule has 6 heterocycles. The first-order valence-corrected chi connectivity index (χ1v) is 20.1. The lowest BCUT2D eigenvalue weighted by Gasteiger charge is -2.60. The molecule has 4 aromatic rings. The number of H-pyrrole nitrogens is 2. The molecule has 0 radical (unpaired) electrons. The van der Waals surface area contributed by atoms with Crippen molar-refractivity contribution in [3.63, 3.8) is 0 Å². The van der Waals surface area contributed by atoms with Gasteiger partial charge in [-0.2, -0.15) is 0 Å². The van der Waals surface area contributed by atoms with E-state index in [0.717, 1.165) is 83.9 Å². The normalized spacial score (nSPS) is 34.3. The lowest BCUT2D eigenvalue weighted by molar-refractivity contribution is -0.169. The van der Waals surface area contributed by atoms with Crippen LogP contribution in [0.2, 0.25) is 0 Å². The highest BCUT2D eigenvalue weighted by Crippen LogP contribution is 2.58. The monoisotopic (exact) mass is 734 g/mol. The van der Waals surface area contributed by atoms with Gasteiger partial charge in [-0.1, -0.05) is 44.9 Å². The summed E-state index contributed by atoms with van der Waals surface area (Å²) in [7, 11) is 6.94. The molecule has 6 aliphatic rings. The molecule has 6 bridgehead atoms. The van der Waals surface area contributed by atoms with E-state index in [4.69, 9.17) is 14.2 Å². The SMILES string of the molecule is CC[C@@H]1CN(C)[C@H]2Cc3c([nH]c4ccccc34)[C@@H](c3cc4c5c([nH]c4cc3OC)[C@]3(C(=O)OC)C[C@H]4C[C@H](CC)[C@@H]3N(CC5)[C@H]4C=O)C[C@@H]1[C@@H]2C(=O)OC. The molecular weight excluding hydrogens is 681 g/mol. The van der Waals surface area contributed by atoms with Crippen LogP contribution in [0, 0.1) is 29.6 Å². The Hall–Kier alpha value is -4.15. The fraction of sp³-hybridized carbons (Fsp3) is 0.568. The number of fused-ring (bicyclic) bond motifs is 9. The molecule has 2 N–H and O–H groups in total. The molecule has 10 rings (SSSR count). The van der Waals surface area contributed by atoms with Crippen LogP contribution in [0.25, 0.3) is 21.8 Å². The molecule has 10 heteroatoms. The van der Waals surface area contributed by atoms with Crippen molar-refractivity contribution in [3.05, 3.63) is 64.5 Å². The molecule has 4 fully saturated rings.